The van der Waals surface area contributed by atoms with Gasteiger partial charge in [0.25, 0.3) is 0 Å². The van der Waals surface area contributed by atoms with E-state index in [1.165, 1.54) is 42.4 Å². The van der Waals surface area contributed by atoms with Gasteiger partial charge in [-0.3, -0.25) is 4.98 Å². The largest absolute Gasteiger partial charge is 0.368 e. The van der Waals surface area contributed by atoms with E-state index in [9.17, 15) is 0 Å². The van der Waals surface area contributed by atoms with Gasteiger partial charge in [-0.25, -0.2) is 0 Å². The van der Waals surface area contributed by atoms with E-state index in [0.29, 0.717) is 17.9 Å². The van der Waals surface area contributed by atoms with E-state index in [1.54, 1.807) is 0 Å². The first kappa shape index (κ1) is 20.4. The number of aromatic nitrogens is 1. The van der Waals surface area contributed by atoms with Crippen LogP contribution in [-0.2, 0) is 11.3 Å². The molecule has 0 saturated carbocycles. The van der Waals surface area contributed by atoms with Gasteiger partial charge in [-0.15, -0.1) is 6.58 Å². The van der Waals surface area contributed by atoms with Gasteiger partial charge in [-0.1, -0.05) is 54.6 Å². The zero-order valence-corrected chi connectivity index (χ0v) is 18.5. The van der Waals surface area contributed by atoms with Crippen molar-refractivity contribution in [3.8, 4) is 0 Å². The smallest absolute Gasteiger partial charge is 0.135 e. The molecule has 0 spiro atoms. The summed E-state index contributed by atoms with van der Waals surface area (Å²) >= 11 is 0. The quantitative estimate of drug-likeness (QED) is 0.354. The molecule has 0 radical (unpaired) electrons. The van der Waals surface area contributed by atoms with Gasteiger partial charge < -0.3 is 9.22 Å². The Morgan fingerprint density at radius 1 is 1.13 bits per heavy atom. The monoisotopic (exact) mass is 413 g/mol. The van der Waals surface area contributed by atoms with Crippen LogP contribution < -0.4 is 0 Å². The Balaban J connectivity index is 1.60. The van der Waals surface area contributed by atoms with Gasteiger partial charge >= 0.3 is 0 Å². The summed E-state index contributed by atoms with van der Waals surface area (Å²) in [5.74, 6) is 1.32. The van der Waals surface area contributed by atoms with Crippen molar-refractivity contribution < 1.29 is 9.22 Å². The van der Waals surface area contributed by atoms with Gasteiger partial charge in [0.2, 0.25) is 0 Å². The van der Waals surface area contributed by atoms with E-state index in [0.717, 1.165) is 23.2 Å². The Hall–Kier alpha value is -2.49. The van der Waals surface area contributed by atoms with E-state index in [-0.39, 0.29) is 6.10 Å². The summed E-state index contributed by atoms with van der Waals surface area (Å²) in [4.78, 5) is 4.61. The highest BCUT2D eigenvalue weighted by molar-refractivity contribution is 5.82. The molecular formula is C28H33N2O+. The normalized spacial score (nSPS) is 28.5. The van der Waals surface area contributed by atoms with E-state index >= 15 is 0 Å². The molecule has 2 bridgehead atoms. The maximum Gasteiger partial charge on any atom is 0.135 e. The lowest BCUT2D eigenvalue weighted by Crippen LogP contribution is -2.67. The average molecular weight is 414 g/mol. The predicted molar refractivity (Wildman–Crippen MR) is 126 cm³/mol. The van der Waals surface area contributed by atoms with Gasteiger partial charge in [0.05, 0.1) is 18.6 Å². The number of fused-ring (bicyclic) bond motifs is 4. The first-order valence-electron chi connectivity index (χ1n) is 11.7. The van der Waals surface area contributed by atoms with Gasteiger partial charge in [0.15, 0.2) is 0 Å². The standard InChI is InChI=1S/C28H33N2O/c1-3-22-20-30(19-21-10-6-5-7-11-21)17-15-23(22)18-27(30)28(31-4-2)25-14-16-29-26-13-9-8-12-24(25)26/h3,5-14,16,22-23,27-28H,1,4,15,17-20H2,2H3/q+1/t22-,23-,27+,28-,30?/m0/s1. The van der Waals surface area contributed by atoms with Crippen molar-refractivity contribution in [3.05, 3.63) is 90.6 Å². The van der Waals surface area contributed by atoms with Crippen LogP contribution in [0.15, 0.2) is 79.5 Å². The van der Waals surface area contributed by atoms with Crippen molar-refractivity contribution in [2.24, 2.45) is 11.8 Å². The lowest BCUT2D eigenvalue weighted by atomic mass is 9.71. The average Bonchev–Trinajstić information content (AvgIpc) is 2.83. The number of nitrogens with zero attached hydrogens (tertiary/aromatic N) is 2. The number of pyridine rings is 1. The fourth-order valence-corrected chi connectivity index (χ4v) is 6.26. The molecule has 31 heavy (non-hydrogen) atoms. The Morgan fingerprint density at radius 3 is 2.74 bits per heavy atom. The minimum Gasteiger partial charge on any atom is -0.368 e. The summed E-state index contributed by atoms with van der Waals surface area (Å²) in [6.07, 6.45) is 6.74. The number of hydrogen-bond acceptors (Lipinski definition) is 2. The number of rotatable bonds is 7. The maximum atomic E-state index is 6.59. The molecular weight excluding hydrogens is 380 g/mol. The van der Waals surface area contributed by atoms with Crippen LogP contribution in [0.4, 0.5) is 0 Å². The predicted octanol–water partition coefficient (Wildman–Crippen LogP) is 5.92. The molecule has 2 aromatic carbocycles. The molecule has 5 atom stereocenters. The van der Waals surface area contributed by atoms with Crippen molar-refractivity contribution in [2.45, 2.75) is 38.5 Å². The summed E-state index contributed by atoms with van der Waals surface area (Å²) in [6.45, 7) is 10.5. The Morgan fingerprint density at radius 2 is 1.94 bits per heavy atom. The lowest BCUT2D eigenvalue weighted by Gasteiger charge is -2.58. The molecule has 3 aliphatic rings. The number of piperidine rings is 3. The van der Waals surface area contributed by atoms with Crippen LogP contribution in [0.25, 0.3) is 10.9 Å². The Bertz CT molecular complexity index is 1040. The second kappa shape index (κ2) is 8.57. The summed E-state index contributed by atoms with van der Waals surface area (Å²) < 4.78 is 7.69. The molecule has 160 valence electrons. The van der Waals surface area contributed by atoms with Crippen molar-refractivity contribution in [3.63, 3.8) is 0 Å². The zero-order valence-electron chi connectivity index (χ0n) is 18.5. The summed E-state index contributed by atoms with van der Waals surface area (Å²) in [6, 6.07) is 22.1. The van der Waals surface area contributed by atoms with Crippen LogP contribution in [0, 0.1) is 11.8 Å². The first-order chi connectivity index (χ1) is 15.2. The molecule has 6 rings (SSSR count). The molecule has 1 aromatic heterocycles. The third-order valence-corrected chi connectivity index (χ3v) is 7.70. The van der Waals surface area contributed by atoms with Gasteiger partial charge in [0, 0.05) is 42.5 Å². The van der Waals surface area contributed by atoms with Gasteiger partial charge in [0.1, 0.15) is 18.7 Å². The minimum absolute atomic E-state index is 0.0789. The fraction of sp³-hybridized carbons (Fsp3) is 0.393. The van der Waals surface area contributed by atoms with E-state index in [2.05, 4.69) is 85.2 Å². The van der Waals surface area contributed by atoms with Crippen LogP contribution in [0.1, 0.15) is 37.0 Å². The topological polar surface area (TPSA) is 22.1 Å². The molecule has 3 aliphatic heterocycles. The molecule has 4 heterocycles. The van der Waals surface area contributed by atoms with E-state index < -0.39 is 0 Å². The molecule has 3 saturated heterocycles. The van der Waals surface area contributed by atoms with E-state index in [4.69, 9.17) is 4.74 Å². The van der Waals surface area contributed by atoms with Crippen LogP contribution in [0.3, 0.4) is 0 Å². The summed E-state index contributed by atoms with van der Waals surface area (Å²) in [5.41, 5.74) is 3.77. The first-order valence-corrected chi connectivity index (χ1v) is 11.7. The number of ether oxygens (including phenoxy) is 1. The van der Waals surface area contributed by atoms with Gasteiger partial charge in [-0.2, -0.15) is 0 Å². The molecule has 3 aromatic rings. The number of para-hydroxylation sites is 1. The Kier molecular flexibility index (Phi) is 5.64. The minimum atomic E-state index is 0.0789. The Labute approximate surface area is 186 Å². The highest BCUT2D eigenvalue weighted by atomic mass is 16.5. The second-order valence-corrected chi connectivity index (χ2v) is 9.31. The fourth-order valence-electron chi connectivity index (χ4n) is 6.26. The molecule has 3 heteroatoms. The van der Waals surface area contributed by atoms with Crippen molar-refractivity contribution in [1.29, 1.82) is 0 Å². The molecule has 0 amide bonds. The number of benzene rings is 2. The SMILES string of the molecule is C=C[C@H]1C[N+]2(Cc3ccccc3)CC[C@H]1C[C@@H]2[C@@H](OCC)c1ccnc2ccccc12. The summed E-state index contributed by atoms with van der Waals surface area (Å²) in [7, 11) is 0. The third kappa shape index (κ3) is 3.71. The summed E-state index contributed by atoms with van der Waals surface area (Å²) in [5, 5.41) is 1.23. The maximum absolute atomic E-state index is 6.59. The van der Waals surface area contributed by atoms with Crippen LogP contribution >= 0.6 is 0 Å². The second-order valence-electron chi connectivity index (χ2n) is 9.31. The van der Waals surface area contributed by atoms with Gasteiger partial charge in [-0.05, 0) is 30.5 Å². The van der Waals surface area contributed by atoms with Crippen molar-refractivity contribution in [1.82, 2.24) is 4.98 Å². The van der Waals surface area contributed by atoms with Crippen molar-refractivity contribution >= 4 is 10.9 Å². The van der Waals surface area contributed by atoms with Crippen molar-refractivity contribution in [2.75, 3.05) is 19.7 Å². The molecule has 3 fully saturated rings. The lowest BCUT2D eigenvalue weighted by molar-refractivity contribution is -0.985. The van der Waals surface area contributed by atoms with Crippen LogP contribution in [-0.4, -0.2) is 35.2 Å². The highest BCUT2D eigenvalue weighted by Gasteiger charge is 2.54. The van der Waals surface area contributed by atoms with Crippen LogP contribution in [0.2, 0.25) is 0 Å². The third-order valence-electron chi connectivity index (χ3n) is 7.70. The molecule has 3 nitrogen and oxygen atoms in total. The van der Waals surface area contributed by atoms with Crippen LogP contribution in [0.5, 0.6) is 0 Å². The van der Waals surface area contributed by atoms with E-state index in [1.807, 2.05) is 6.20 Å². The highest BCUT2D eigenvalue weighted by Crippen LogP contribution is 2.49. The molecule has 0 N–H and O–H groups in total. The number of hydrogen-bond donors (Lipinski definition) is 0. The number of quaternary nitrogens is 1. The zero-order chi connectivity index (χ0) is 21.3. The molecule has 0 aliphatic carbocycles. The molecule has 1 unspecified atom stereocenters.